The molecule has 0 bridgehead atoms. The van der Waals surface area contributed by atoms with Crippen molar-refractivity contribution >= 4 is 239 Å². The van der Waals surface area contributed by atoms with Crippen LogP contribution in [0.4, 0.5) is 0 Å². The molecule has 0 aliphatic carbocycles. The summed E-state index contributed by atoms with van der Waals surface area (Å²) in [5.74, 6) is -4.27. The summed E-state index contributed by atoms with van der Waals surface area (Å²) in [6.07, 6.45) is -27.2. The van der Waals surface area contributed by atoms with E-state index in [4.69, 9.17) is 27.9 Å². The summed E-state index contributed by atoms with van der Waals surface area (Å²) >= 11 is 0. The van der Waals surface area contributed by atoms with Gasteiger partial charge in [0.15, 0.2) is 24.6 Å². The van der Waals surface area contributed by atoms with Crippen molar-refractivity contribution in [2.45, 2.75) is 55.0 Å². The number of rotatable bonds is 20. The van der Waals surface area contributed by atoms with Gasteiger partial charge in [-0.1, -0.05) is 0 Å². The van der Waals surface area contributed by atoms with Crippen molar-refractivity contribution in [1.82, 2.24) is 0 Å². The second-order valence-electron chi connectivity index (χ2n) is 9.28. The third-order valence-electron chi connectivity index (χ3n) is 5.39. The van der Waals surface area contributed by atoms with E-state index in [9.17, 15) is 90.1 Å². The van der Waals surface area contributed by atoms with Crippen LogP contribution in [0.5, 0.6) is 0 Å². The molecule has 55 nitrogen and oxygen atoms in total. The molecular weight excluding hydrogens is 1510 g/mol. The fourth-order valence-electron chi connectivity index (χ4n) is 4.02. The van der Waals surface area contributed by atoms with Crippen LogP contribution in [-0.2, 0) is 131 Å². The highest BCUT2D eigenvalue weighted by atomic mass is 32.3. The molecule has 48 N–H and O–H groups in total. The SMILES string of the molecule is O.O.O.O.O.O.O.O.O.O.O.O.O.O.O.O.O.O.O.O.O=S(=O)(O)OC[C@H]1O[C@@H](O[C@]2(COS(=O)(=O)O)O[C@H](OS(=O)(=O)O)[C@@H](OS(=O)(=O)O)[C@@H]2OS(=O)(=O)O)[C@H](OS(=O)(=O)O)[C@@H](OS(=O)(=O)O)[C@@H]1OS(=O)(=O)O.[Al].[Al].[Al].[Al].[Al].[Al].[Al].[Al].[Al]. The largest absolute Gasteiger partial charge is 0.412 e. The zero-order valence-corrected chi connectivity index (χ0v) is 56.5. The smallest absolute Gasteiger partial charge is 0.399 e. The maximum atomic E-state index is 11.8. The van der Waals surface area contributed by atoms with Crippen LogP contribution in [0.2, 0.25) is 0 Å². The molecule has 2 aliphatic heterocycles. The first-order valence-corrected chi connectivity index (χ1v) is 22.8. The Hall–Kier alpha value is 2.83. The first kappa shape index (κ1) is 185. The summed E-state index contributed by atoms with van der Waals surface area (Å²) < 4.78 is 306. The van der Waals surface area contributed by atoms with Crippen molar-refractivity contribution < 1.29 is 261 Å². The molecule has 0 unspecified atom stereocenters. The van der Waals surface area contributed by atoms with E-state index < -0.39 is 151 Å². The third kappa shape index (κ3) is 72.1. The van der Waals surface area contributed by atoms with Crippen LogP contribution in [0.3, 0.4) is 0 Å². The molecule has 9 atom stereocenters. The van der Waals surface area contributed by atoms with Gasteiger partial charge in [0.05, 0.1) is 6.61 Å². The third-order valence-corrected chi connectivity index (χ3v) is 8.98. The molecule has 2 heterocycles. The highest BCUT2D eigenvalue weighted by Gasteiger charge is 2.66. The second kappa shape index (κ2) is 67.7. The average Bonchev–Trinajstić information content (AvgIpc) is 3.10. The highest BCUT2D eigenvalue weighted by molar-refractivity contribution is 7.82. The van der Waals surface area contributed by atoms with Crippen LogP contribution in [0.25, 0.3) is 0 Å². The lowest BCUT2D eigenvalue weighted by atomic mass is 9.99. The van der Waals surface area contributed by atoms with Crippen LogP contribution in [0, 0.1) is 0 Å². The van der Waals surface area contributed by atoms with Crippen molar-refractivity contribution in [2.75, 3.05) is 13.2 Å². The Labute approximate surface area is 563 Å². The average molecular weight is 1570 g/mol. The Balaban J connectivity index is -0.0000000401. The molecule has 0 aromatic carbocycles. The van der Waals surface area contributed by atoms with Gasteiger partial charge >= 0.3 is 83.2 Å². The Morgan fingerprint density at radius 3 is 0.819 bits per heavy atom. The lowest BCUT2D eigenvalue weighted by Gasteiger charge is -2.45. The van der Waals surface area contributed by atoms with E-state index in [2.05, 4.69) is 33.5 Å². The van der Waals surface area contributed by atoms with E-state index in [-0.39, 0.29) is 266 Å². The minimum Gasteiger partial charge on any atom is -0.412 e. The van der Waals surface area contributed by atoms with Gasteiger partial charge in [0.1, 0.15) is 24.9 Å². The second-order valence-corrected chi connectivity index (χ2v) is 17.8. The Morgan fingerprint density at radius 2 is 0.554 bits per heavy atom. The zero-order chi connectivity index (χ0) is 42.3. The minimum absolute atomic E-state index is 0. The lowest BCUT2D eigenvalue weighted by molar-refractivity contribution is -0.379. The summed E-state index contributed by atoms with van der Waals surface area (Å²) in [7, 11) is -48.9. The fraction of sp³-hybridized carbons (Fsp3) is 1.00. The molecule has 72 heteroatoms. The Kier molecular flexibility index (Phi) is 151. The first-order valence-electron chi connectivity index (χ1n) is 11.9. The number of ether oxygens (including phenoxy) is 3. The van der Waals surface area contributed by atoms with E-state index in [1.54, 1.807) is 0 Å². The van der Waals surface area contributed by atoms with Gasteiger partial charge in [-0.25, -0.2) is 33.5 Å². The van der Waals surface area contributed by atoms with Gasteiger partial charge in [-0.2, -0.15) is 67.3 Å². The molecule has 0 saturated carbocycles. The molecule has 2 aliphatic rings. The molecule has 0 amide bonds. The molecule has 0 aromatic rings. The molecule has 2 saturated heterocycles. The van der Waals surface area contributed by atoms with E-state index in [1.807, 2.05) is 0 Å². The van der Waals surface area contributed by atoms with Crippen LogP contribution in [0.1, 0.15) is 0 Å². The highest BCUT2D eigenvalue weighted by Crippen LogP contribution is 2.43. The van der Waals surface area contributed by atoms with Gasteiger partial charge in [0.2, 0.25) is 12.1 Å². The predicted molar refractivity (Wildman–Crippen MR) is 271 cm³/mol. The van der Waals surface area contributed by atoms with Crippen LogP contribution < -0.4 is 0 Å². The zero-order valence-electron chi connectivity index (χ0n) is 39.6. The van der Waals surface area contributed by atoms with E-state index in [1.165, 1.54) is 0 Å². The van der Waals surface area contributed by atoms with Gasteiger partial charge in [-0.05, 0) is 0 Å². The predicted octanol–water partition coefficient (Wildman–Crippen LogP) is -26.7. The van der Waals surface area contributed by atoms with Crippen LogP contribution in [0.15, 0.2) is 0 Å². The monoisotopic (exact) mass is 1570 g/mol. The summed E-state index contributed by atoms with van der Waals surface area (Å²) in [5.41, 5.74) is 0. The van der Waals surface area contributed by atoms with E-state index in [0.717, 1.165) is 0 Å². The maximum absolute atomic E-state index is 11.8. The summed E-state index contributed by atoms with van der Waals surface area (Å²) in [6.45, 7) is -4.45. The van der Waals surface area contributed by atoms with E-state index >= 15 is 0 Å². The molecule has 509 valence electrons. The van der Waals surface area contributed by atoms with E-state index in [0.29, 0.717) is 0 Å². The topological polar surface area (TPSA) is 1170 Å². The molecule has 0 aromatic heterocycles. The minimum atomic E-state index is -6.30. The van der Waals surface area contributed by atoms with Gasteiger partial charge in [-0.15, -0.1) is 0 Å². The van der Waals surface area contributed by atoms with Crippen LogP contribution in [-0.4, -0.2) is 438 Å². The molecule has 83 heavy (non-hydrogen) atoms. The van der Waals surface area contributed by atoms with Crippen molar-refractivity contribution in [3.8, 4) is 0 Å². The Bertz CT molecular complexity index is 2310. The Morgan fingerprint density at radius 1 is 0.301 bits per heavy atom. The molecule has 2 rings (SSSR count). The fourth-order valence-corrected chi connectivity index (χ4v) is 7.52. The summed E-state index contributed by atoms with van der Waals surface area (Å²) in [5, 5.41) is 0. The molecule has 0 spiro atoms. The maximum Gasteiger partial charge on any atom is 0.399 e. The standard InChI is InChI=1S/C11H20O35S8.9Al.20H2O/c12-47(13,14)36-1-3-4(41-49(18,19)20)5(42-50(21,22)23)6(43-51(24,25)26)9(38-3)39-11(2-37-48(15,16)17)8(45-53(30,31)32)7(44-52(27,28)29)10(40-11)46-54(33,34)35;;;;;;;;;;;;;;;;;;;;;;;;;;;;;/h3-10H,1-2H2,(H,12,13,14)(H,15,16,17)(H,18,19,20)(H,21,22,23)(H,24,25,26)(H,27,28,29)(H,30,31,32)(H,33,34,35);;;;;;;;;;20*1H2/t3-,4-,5+,6-,7+,8+,9+,10-,11-;;;;;;;;;;;;;;;;;;;;;;;;;;;;;/m1............................./s1. The van der Waals surface area contributed by atoms with Gasteiger partial charge in [0, 0.05) is 156 Å². The normalized spacial score (nSPS) is 20.2. The van der Waals surface area contributed by atoms with Crippen LogP contribution >= 0.6 is 0 Å². The molecule has 27 radical (unpaired) electrons. The van der Waals surface area contributed by atoms with Gasteiger partial charge in [0.25, 0.3) is 0 Å². The van der Waals surface area contributed by atoms with Crippen molar-refractivity contribution in [3.05, 3.63) is 0 Å². The molecule has 2 fully saturated rings. The quantitative estimate of drug-likeness (QED) is 0.0414. The van der Waals surface area contributed by atoms with Gasteiger partial charge < -0.3 is 124 Å². The number of hydrogen-bond donors (Lipinski definition) is 8. The lowest BCUT2D eigenvalue weighted by Crippen LogP contribution is -2.65. The summed E-state index contributed by atoms with van der Waals surface area (Å²) in [6, 6.07) is 0. The van der Waals surface area contributed by atoms with Gasteiger partial charge in [-0.3, -0.25) is 36.4 Å². The summed E-state index contributed by atoms with van der Waals surface area (Å²) in [4.78, 5) is 0. The van der Waals surface area contributed by atoms with Crippen molar-refractivity contribution in [2.24, 2.45) is 0 Å². The molecular formula is C11H60Al9O55S8. The first-order chi connectivity index (χ1) is 23.7. The van der Waals surface area contributed by atoms with Crippen molar-refractivity contribution in [1.29, 1.82) is 0 Å². The van der Waals surface area contributed by atoms with Crippen molar-refractivity contribution in [3.63, 3.8) is 0 Å². The number of hydrogen-bond acceptors (Lipinski definition) is 27.